The molecular formula is C13H12ClN3O4. The van der Waals surface area contributed by atoms with Gasteiger partial charge in [0.25, 0.3) is 0 Å². The second kappa shape index (κ2) is 5.92. The average Bonchev–Trinajstić information content (AvgIpc) is 2.82. The van der Waals surface area contributed by atoms with E-state index >= 15 is 0 Å². The highest BCUT2D eigenvalue weighted by molar-refractivity contribution is 6.31. The van der Waals surface area contributed by atoms with Crippen molar-refractivity contribution in [3.63, 3.8) is 0 Å². The quantitative estimate of drug-likeness (QED) is 0.492. The number of aryl methyl sites for hydroxylation is 1. The van der Waals surface area contributed by atoms with Crippen molar-refractivity contribution >= 4 is 23.4 Å². The zero-order chi connectivity index (χ0) is 15.6. The van der Waals surface area contributed by atoms with E-state index in [4.69, 9.17) is 11.6 Å². The molecule has 0 unspecified atom stereocenters. The molecule has 1 heterocycles. The van der Waals surface area contributed by atoms with Gasteiger partial charge in [-0.1, -0.05) is 11.6 Å². The van der Waals surface area contributed by atoms with E-state index in [1.807, 2.05) is 0 Å². The van der Waals surface area contributed by atoms with Crippen molar-refractivity contribution in [3.05, 3.63) is 56.5 Å². The Bertz CT molecular complexity index is 711. The third-order valence-electron chi connectivity index (χ3n) is 3.02. The van der Waals surface area contributed by atoms with Crippen molar-refractivity contribution in [1.29, 1.82) is 0 Å². The molecule has 0 atom stereocenters. The number of imidazole rings is 1. The van der Waals surface area contributed by atoms with Crippen LogP contribution in [0.5, 0.6) is 0 Å². The molecule has 2 rings (SSSR count). The van der Waals surface area contributed by atoms with E-state index in [0.717, 1.165) is 0 Å². The molecule has 0 N–H and O–H groups in total. The molecule has 0 aliphatic heterocycles. The molecule has 21 heavy (non-hydrogen) atoms. The van der Waals surface area contributed by atoms with E-state index in [-0.39, 0.29) is 12.4 Å². The molecule has 0 bridgehead atoms. The predicted octanol–water partition coefficient (Wildman–Crippen LogP) is 2.59. The summed E-state index contributed by atoms with van der Waals surface area (Å²) >= 11 is 6.09. The number of carbonyl (C=O) groups is 1. The molecule has 2 aromatic rings. The fraction of sp³-hybridized carbons (Fsp3) is 0.231. The highest BCUT2D eigenvalue weighted by atomic mass is 35.5. The van der Waals surface area contributed by atoms with Gasteiger partial charge in [-0.05, 0) is 23.1 Å². The Balaban J connectivity index is 2.42. The third kappa shape index (κ3) is 3.03. The number of benzene rings is 1. The van der Waals surface area contributed by atoms with Gasteiger partial charge in [-0.3, -0.25) is 0 Å². The van der Waals surface area contributed by atoms with Gasteiger partial charge in [0, 0.05) is 17.5 Å². The minimum Gasteiger partial charge on any atom is -0.465 e. The lowest BCUT2D eigenvalue weighted by Gasteiger charge is -2.07. The number of aromatic nitrogens is 2. The lowest BCUT2D eigenvalue weighted by molar-refractivity contribution is -0.392. The molecule has 1 aromatic carbocycles. The Morgan fingerprint density at radius 3 is 2.86 bits per heavy atom. The Labute approximate surface area is 125 Å². The highest BCUT2D eigenvalue weighted by Gasteiger charge is 2.19. The number of nitro groups is 1. The first-order valence-electron chi connectivity index (χ1n) is 5.97. The van der Waals surface area contributed by atoms with E-state index in [0.29, 0.717) is 22.0 Å². The molecule has 0 radical (unpaired) electrons. The van der Waals surface area contributed by atoms with Crippen LogP contribution >= 0.6 is 11.6 Å². The SMILES string of the molecule is COC(=O)c1ccc(Cl)c(Cn2c([N+](=O)[O-])cnc2C)c1. The molecule has 0 saturated carbocycles. The molecule has 0 aliphatic rings. The van der Waals surface area contributed by atoms with Crippen molar-refractivity contribution in [2.24, 2.45) is 0 Å². The summed E-state index contributed by atoms with van der Waals surface area (Å²) in [7, 11) is 1.28. The summed E-state index contributed by atoms with van der Waals surface area (Å²) in [4.78, 5) is 25.9. The lowest BCUT2D eigenvalue weighted by Crippen LogP contribution is -2.08. The smallest absolute Gasteiger partial charge is 0.343 e. The number of esters is 1. The predicted molar refractivity (Wildman–Crippen MR) is 75.5 cm³/mol. The van der Waals surface area contributed by atoms with Gasteiger partial charge in [0.05, 0.1) is 12.7 Å². The van der Waals surface area contributed by atoms with Crippen LogP contribution in [0.2, 0.25) is 5.02 Å². The van der Waals surface area contributed by atoms with Gasteiger partial charge in [0.2, 0.25) is 0 Å². The normalized spacial score (nSPS) is 10.4. The Hall–Kier alpha value is -2.41. The molecule has 8 heteroatoms. The largest absolute Gasteiger partial charge is 0.465 e. The van der Waals surface area contributed by atoms with E-state index in [1.54, 1.807) is 19.1 Å². The number of ether oxygens (including phenoxy) is 1. The summed E-state index contributed by atoms with van der Waals surface area (Å²) in [5.74, 6) is -0.141. The van der Waals surface area contributed by atoms with Crippen molar-refractivity contribution < 1.29 is 14.5 Å². The Morgan fingerprint density at radius 2 is 2.24 bits per heavy atom. The van der Waals surface area contributed by atoms with Gasteiger partial charge in [0.1, 0.15) is 12.7 Å². The van der Waals surface area contributed by atoms with E-state index < -0.39 is 10.9 Å². The molecule has 0 aliphatic carbocycles. The van der Waals surface area contributed by atoms with Crippen molar-refractivity contribution in [3.8, 4) is 0 Å². The van der Waals surface area contributed by atoms with Gasteiger partial charge in [-0.2, -0.15) is 0 Å². The molecule has 0 fully saturated rings. The van der Waals surface area contributed by atoms with Crippen molar-refractivity contribution in [1.82, 2.24) is 9.55 Å². The summed E-state index contributed by atoms with van der Waals surface area (Å²) in [6.07, 6.45) is 1.19. The lowest BCUT2D eigenvalue weighted by atomic mass is 10.1. The second-order valence-corrected chi connectivity index (χ2v) is 4.71. The van der Waals surface area contributed by atoms with Crippen LogP contribution in [0.3, 0.4) is 0 Å². The van der Waals surface area contributed by atoms with Gasteiger partial charge < -0.3 is 14.9 Å². The first-order chi connectivity index (χ1) is 9.93. The van der Waals surface area contributed by atoms with E-state index in [1.165, 1.54) is 23.9 Å². The maximum absolute atomic E-state index is 11.5. The maximum Gasteiger partial charge on any atom is 0.343 e. The van der Waals surface area contributed by atoms with Crippen LogP contribution < -0.4 is 0 Å². The van der Waals surface area contributed by atoms with Crippen LogP contribution in [-0.2, 0) is 11.3 Å². The maximum atomic E-state index is 11.5. The zero-order valence-corrected chi connectivity index (χ0v) is 12.1. The number of nitrogens with zero attached hydrogens (tertiary/aromatic N) is 3. The molecular weight excluding hydrogens is 298 g/mol. The number of methoxy groups -OCH3 is 1. The number of halogens is 1. The van der Waals surface area contributed by atoms with Crippen LogP contribution in [0, 0.1) is 17.0 Å². The standard InChI is InChI=1S/C13H12ClN3O4/c1-8-15-6-12(17(19)20)16(8)7-10-5-9(13(18)21-2)3-4-11(10)14/h3-6H,7H2,1-2H3. The topological polar surface area (TPSA) is 87.3 Å². The van der Waals surface area contributed by atoms with Gasteiger partial charge in [0.15, 0.2) is 5.82 Å². The fourth-order valence-corrected chi connectivity index (χ4v) is 2.09. The van der Waals surface area contributed by atoms with Gasteiger partial charge in [-0.15, -0.1) is 0 Å². The molecule has 0 spiro atoms. The molecule has 7 nitrogen and oxygen atoms in total. The monoisotopic (exact) mass is 309 g/mol. The fourth-order valence-electron chi connectivity index (χ4n) is 1.91. The molecule has 1 aromatic heterocycles. The Morgan fingerprint density at radius 1 is 1.52 bits per heavy atom. The minimum absolute atomic E-state index is 0.132. The molecule has 0 amide bonds. The zero-order valence-electron chi connectivity index (χ0n) is 11.4. The van der Waals surface area contributed by atoms with Crippen molar-refractivity contribution in [2.45, 2.75) is 13.5 Å². The van der Waals surface area contributed by atoms with E-state index in [9.17, 15) is 14.9 Å². The van der Waals surface area contributed by atoms with Crippen LogP contribution in [0.4, 0.5) is 5.82 Å². The third-order valence-corrected chi connectivity index (χ3v) is 3.39. The summed E-state index contributed by atoms with van der Waals surface area (Å²) in [6, 6.07) is 4.64. The summed E-state index contributed by atoms with van der Waals surface area (Å²) in [5, 5.41) is 11.4. The number of carbonyl (C=O) groups excluding carboxylic acids is 1. The number of rotatable bonds is 4. The van der Waals surface area contributed by atoms with Gasteiger partial charge >= 0.3 is 11.8 Å². The first kappa shape index (κ1) is 15.0. The Kier molecular flexibility index (Phi) is 4.23. The van der Waals surface area contributed by atoms with Crippen LogP contribution in [0.15, 0.2) is 24.4 Å². The van der Waals surface area contributed by atoms with Gasteiger partial charge in [-0.25, -0.2) is 14.3 Å². The van der Waals surface area contributed by atoms with Crippen molar-refractivity contribution in [2.75, 3.05) is 7.11 Å². The second-order valence-electron chi connectivity index (χ2n) is 4.30. The summed E-state index contributed by atoms with van der Waals surface area (Å²) in [6.45, 7) is 1.80. The van der Waals surface area contributed by atoms with Crippen LogP contribution in [-0.4, -0.2) is 27.6 Å². The molecule has 0 saturated heterocycles. The molecule has 110 valence electrons. The van der Waals surface area contributed by atoms with E-state index in [2.05, 4.69) is 9.72 Å². The first-order valence-corrected chi connectivity index (χ1v) is 6.35. The highest BCUT2D eigenvalue weighted by Crippen LogP contribution is 2.23. The summed E-state index contributed by atoms with van der Waals surface area (Å²) < 4.78 is 6.06. The number of hydrogen-bond acceptors (Lipinski definition) is 5. The summed E-state index contributed by atoms with van der Waals surface area (Å²) in [5.41, 5.74) is 0.904. The number of hydrogen-bond donors (Lipinski definition) is 0. The minimum atomic E-state index is -0.516. The van der Waals surface area contributed by atoms with Crippen LogP contribution in [0.25, 0.3) is 0 Å². The average molecular weight is 310 g/mol. The van der Waals surface area contributed by atoms with Crippen LogP contribution in [0.1, 0.15) is 21.7 Å².